The van der Waals surface area contributed by atoms with Crippen LogP contribution in [0.2, 0.25) is 0 Å². The summed E-state index contributed by atoms with van der Waals surface area (Å²) >= 11 is 0. The third-order valence-corrected chi connectivity index (χ3v) is 8.34. The van der Waals surface area contributed by atoms with Gasteiger partial charge in [0.15, 0.2) is 9.92 Å². The molecule has 2 unspecified atom stereocenters. The number of hydrogen-bond acceptors (Lipinski definition) is 5. The van der Waals surface area contributed by atoms with Crippen molar-refractivity contribution in [2.24, 2.45) is 9.50 Å². The molecule has 2 atom stereocenters. The molecular formula is C21H26N6O3S. The van der Waals surface area contributed by atoms with E-state index < -0.39 is 15.9 Å². The number of amides is 2. The van der Waals surface area contributed by atoms with Crippen molar-refractivity contribution < 1.29 is 13.7 Å². The van der Waals surface area contributed by atoms with E-state index in [1.807, 2.05) is 0 Å². The van der Waals surface area contributed by atoms with Gasteiger partial charge < -0.3 is 10.1 Å². The number of nitrogens with one attached hydrogen (secondary N) is 1. The maximum atomic E-state index is 13.2. The molecule has 0 spiro atoms. The average molecular weight is 443 g/mol. The fourth-order valence-corrected chi connectivity index (χ4v) is 6.12. The number of likely N-dealkylation sites (tertiary alicyclic amines) is 1. The molecule has 3 heterocycles. The van der Waals surface area contributed by atoms with Gasteiger partial charge in [-0.3, -0.25) is 4.90 Å². The lowest BCUT2D eigenvalue weighted by atomic mass is 9.76. The first-order valence-electron chi connectivity index (χ1n) is 10.9. The minimum atomic E-state index is -3.48. The molecule has 0 bridgehead atoms. The third-order valence-electron chi connectivity index (χ3n) is 6.99. The first kappa shape index (κ1) is 19.3. The quantitative estimate of drug-likeness (QED) is 0.753. The van der Waals surface area contributed by atoms with Crippen molar-refractivity contribution in [3.8, 4) is 5.88 Å². The van der Waals surface area contributed by atoms with Crippen LogP contribution in [0.1, 0.15) is 35.1 Å². The number of anilines is 1. The van der Waals surface area contributed by atoms with Gasteiger partial charge in [-0.1, -0.05) is 6.07 Å². The van der Waals surface area contributed by atoms with E-state index in [0.29, 0.717) is 19.0 Å². The Morgan fingerprint density at radius 2 is 1.90 bits per heavy atom. The maximum Gasteiger partial charge on any atom is 0.354 e. The summed E-state index contributed by atoms with van der Waals surface area (Å²) in [5.41, 5.74) is 5.76. The molecule has 4 aliphatic rings. The fourth-order valence-electron chi connectivity index (χ4n) is 5.11. The number of rotatable bonds is 3. The van der Waals surface area contributed by atoms with E-state index in [4.69, 9.17) is 9.88 Å². The Bertz CT molecular complexity index is 1180. The Hall–Kier alpha value is -2.43. The van der Waals surface area contributed by atoms with Crippen LogP contribution < -0.4 is 15.2 Å². The first-order chi connectivity index (χ1) is 15.0. The molecule has 10 heteroatoms. The Morgan fingerprint density at radius 1 is 1.19 bits per heavy atom. The van der Waals surface area contributed by atoms with Gasteiger partial charge in [0.2, 0.25) is 5.88 Å². The minimum absolute atomic E-state index is 0.177. The van der Waals surface area contributed by atoms with Crippen LogP contribution in [-0.2, 0) is 42.1 Å². The number of aryl methyl sites for hydroxylation is 2. The summed E-state index contributed by atoms with van der Waals surface area (Å²) in [6.45, 7) is 3.27. The number of carbonyl (C=O) groups is 1. The van der Waals surface area contributed by atoms with E-state index in [0.717, 1.165) is 44.5 Å². The summed E-state index contributed by atoms with van der Waals surface area (Å²) in [6.07, 6.45) is 7.78. The zero-order valence-corrected chi connectivity index (χ0v) is 18.1. The van der Waals surface area contributed by atoms with Crippen LogP contribution in [0.3, 0.4) is 0 Å². The van der Waals surface area contributed by atoms with E-state index >= 15 is 0 Å². The minimum Gasteiger partial charge on any atom is -0.475 e. The van der Waals surface area contributed by atoms with E-state index in [-0.39, 0.29) is 10.9 Å². The zero-order chi connectivity index (χ0) is 21.2. The Kier molecular flexibility index (Phi) is 4.38. The summed E-state index contributed by atoms with van der Waals surface area (Å²) in [4.78, 5) is 15.3. The fraction of sp³-hybridized carbons (Fsp3) is 0.524. The van der Waals surface area contributed by atoms with Crippen LogP contribution in [0, 0.1) is 0 Å². The number of ether oxygens (including phenoxy) is 1. The standard InChI is InChI=1S/C21H26N6O3S/c22-31(29,18-10-23-27-11-15(12-30-20(18)27)26-7-1-2-8-26)25-21(28)24-19-16-5-3-13(16)9-14-4-6-17(14)19/h9-10,15H,1-8,11-12H2,(H3,22,24,25,28,29). The smallest absolute Gasteiger partial charge is 0.354 e. The summed E-state index contributed by atoms with van der Waals surface area (Å²) in [6, 6.07) is 1.79. The second-order valence-electron chi connectivity index (χ2n) is 8.82. The van der Waals surface area contributed by atoms with Gasteiger partial charge in [0, 0.05) is 5.69 Å². The molecule has 1 aromatic heterocycles. The molecule has 2 aromatic rings. The van der Waals surface area contributed by atoms with Crippen molar-refractivity contribution in [2.45, 2.75) is 56.0 Å². The normalized spacial score (nSPS) is 23.3. The van der Waals surface area contributed by atoms with Crippen molar-refractivity contribution in [1.29, 1.82) is 0 Å². The molecule has 2 aliphatic heterocycles. The number of aromatic nitrogens is 2. The molecule has 0 radical (unpaired) electrons. The molecule has 1 aromatic carbocycles. The zero-order valence-electron chi connectivity index (χ0n) is 17.3. The number of benzene rings is 1. The second kappa shape index (κ2) is 7.04. The number of carbonyl (C=O) groups excluding carboxylic acids is 1. The Morgan fingerprint density at radius 3 is 2.55 bits per heavy atom. The Labute approximate surface area is 181 Å². The highest BCUT2D eigenvalue weighted by Gasteiger charge is 2.32. The third kappa shape index (κ3) is 3.16. The average Bonchev–Trinajstić information content (AvgIpc) is 3.34. The number of hydrogen-bond donors (Lipinski definition) is 2. The van der Waals surface area contributed by atoms with Gasteiger partial charge in [0.1, 0.15) is 11.5 Å². The largest absolute Gasteiger partial charge is 0.475 e. The molecule has 1 fully saturated rings. The van der Waals surface area contributed by atoms with Crippen LogP contribution >= 0.6 is 0 Å². The highest BCUT2D eigenvalue weighted by atomic mass is 32.2. The van der Waals surface area contributed by atoms with Crippen molar-refractivity contribution in [3.63, 3.8) is 0 Å². The lowest BCUT2D eigenvalue weighted by molar-refractivity contribution is 0.0994. The topological polar surface area (TPSA) is 115 Å². The number of nitrogens with zero attached hydrogens (tertiary/aromatic N) is 4. The van der Waals surface area contributed by atoms with Gasteiger partial charge in [0.25, 0.3) is 0 Å². The van der Waals surface area contributed by atoms with E-state index in [1.165, 1.54) is 41.3 Å². The van der Waals surface area contributed by atoms with Crippen molar-refractivity contribution >= 4 is 21.6 Å². The molecule has 3 N–H and O–H groups in total. The van der Waals surface area contributed by atoms with Gasteiger partial charge in [-0.25, -0.2) is 18.8 Å². The van der Waals surface area contributed by atoms with Crippen LogP contribution in [0.5, 0.6) is 5.88 Å². The molecule has 0 saturated carbocycles. The second-order valence-corrected chi connectivity index (χ2v) is 10.6. The van der Waals surface area contributed by atoms with Gasteiger partial charge >= 0.3 is 6.03 Å². The number of urea groups is 1. The molecule has 164 valence electrons. The van der Waals surface area contributed by atoms with Gasteiger partial charge in [0.05, 0.1) is 18.8 Å². The number of fused-ring (bicyclic) bond motifs is 3. The lowest BCUT2D eigenvalue weighted by Crippen LogP contribution is -2.43. The highest BCUT2D eigenvalue weighted by Crippen LogP contribution is 2.40. The van der Waals surface area contributed by atoms with E-state index in [9.17, 15) is 9.00 Å². The molecule has 2 amide bonds. The van der Waals surface area contributed by atoms with E-state index in [1.54, 1.807) is 4.68 Å². The molecule has 31 heavy (non-hydrogen) atoms. The summed E-state index contributed by atoms with van der Waals surface area (Å²) in [5.74, 6) is 0.354. The monoisotopic (exact) mass is 442 g/mol. The van der Waals surface area contributed by atoms with Crippen molar-refractivity contribution in [1.82, 2.24) is 14.7 Å². The van der Waals surface area contributed by atoms with Gasteiger partial charge in [-0.2, -0.15) is 5.10 Å². The molecule has 2 aliphatic carbocycles. The molecule has 9 nitrogen and oxygen atoms in total. The summed E-state index contributed by atoms with van der Waals surface area (Å²) < 4.78 is 24.6. The maximum absolute atomic E-state index is 13.2. The molecular weight excluding hydrogens is 416 g/mol. The van der Waals surface area contributed by atoms with Crippen molar-refractivity contribution in [3.05, 3.63) is 34.5 Å². The summed E-state index contributed by atoms with van der Waals surface area (Å²) in [5, 5.41) is 13.2. The van der Waals surface area contributed by atoms with Crippen LogP contribution in [0.25, 0.3) is 0 Å². The molecule has 1 saturated heterocycles. The SMILES string of the molecule is NS(=O)(=NC(=O)Nc1c2c(cc3c1CC3)CC2)c1cnn2c1OCC(N1CCCC1)C2. The first-order valence-corrected chi connectivity index (χ1v) is 12.5. The van der Waals surface area contributed by atoms with Crippen LogP contribution in [0.15, 0.2) is 21.5 Å². The predicted molar refractivity (Wildman–Crippen MR) is 116 cm³/mol. The Balaban J connectivity index is 1.24. The van der Waals surface area contributed by atoms with Gasteiger partial charge in [-0.15, -0.1) is 4.36 Å². The predicted octanol–water partition coefficient (Wildman–Crippen LogP) is 1.87. The highest BCUT2D eigenvalue weighted by molar-refractivity contribution is 7.91. The number of nitrogens with two attached hydrogens (primary N) is 1. The lowest BCUT2D eigenvalue weighted by Gasteiger charge is -2.32. The van der Waals surface area contributed by atoms with Crippen LogP contribution in [0.4, 0.5) is 10.5 Å². The molecule has 6 rings (SSSR count). The summed E-state index contributed by atoms with van der Waals surface area (Å²) in [7, 11) is -3.48. The van der Waals surface area contributed by atoms with E-state index in [2.05, 4.69) is 25.7 Å². The van der Waals surface area contributed by atoms with Crippen molar-refractivity contribution in [2.75, 3.05) is 25.0 Å². The van der Waals surface area contributed by atoms with Crippen LogP contribution in [-0.4, -0.2) is 50.7 Å². The van der Waals surface area contributed by atoms with Gasteiger partial charge in [-0.05, 0) is 73.9 Å².